The largest absolute Gasteiger partial charge is 0.304 e. The van der Waals surface area contributed by atoms with Gasteiger partial charge in [-0.2, -0.15) is 5.10 Å². The van der Waals surface area contributed by atoms with Crippen molar-refractivity contribution in [3.05, 3.63) is 46.7 Å². The normalized spacial score (nSPS) is 17.7. The minimum absolute atomic E-state index is 0.380. The number of benzene rings is 1. The Morgan fingerprint density at radius 2 is 2.33 bits per heavy atom. The third-order valence-electron chi connectivity index (χ3n) is 3.78. The average Bonchev–Trinajstić information content (AvgIpc) is 2.93. The molecule has 0 amide bonds. The molecule has 3 rings (SSSR count). The summed E-state index contributed by atoms with van der Waals surface area (Å²) in [6.07, 6.45) is 4.13. The molecule has 0 aliphatic carbocycles. The highest BCUT2D eigenvalue weighted by molar-refractivity contribution is 7.99. The zero-order chi connectivity index (χ0) is 14.7. The Hall–Kier alpha value is -0.970. The Bertz CT molecular complexity index is 611. The van der Waals surface area contributed by atoms with E-state index in [1.54, 1.807) is 0 Å². The molecule has 1 aliphatic rings. The van der Waals surface area contributed by atoms with Gasteiger partial charge in [-0.1, -0.05) is 18.5 Å². The topological polar surface area (TPSA) is 29.9 Å². The van der Waals surface area contributed by atoms with Crippen molar-refractivity contribution in [2.75, 3.05) is 5.75 Å². The van der Waals surface area contributed by atoms with Crippen molar-refractivity contribution in [2.45, 2.75) is 43.8 Å². The van der Waals surface area contributed by atoms with Gasteiger partial charge in [-0.05, 0) is 48.4 Å². The molecule has 1 aliphatic heterocycles. The van der Waals surface area contributed by atoms with Crippen molar-refractivity contribution < 1.29 is 0 Å². The van der Waals surface area contributed by atoms with Gasteiger partial charge in [0.25, 0.3) is 0 Å². The number of fused-ring (bicyclic) bond motifs is 1. The number of halogens is 1. The van der Waals surface area contributed by atoms with Crippen LogP contribution in [0.5, 0.6) is 0 Å². The van der Waals surface area contributed by atoms with Crippen LogP contribution in [0.1, 0.15) is 37.1 Å². The van der Waals surface area contributed by atoms with Gasteiger partial charge in [0, 0.05) is 35.2 Å². The van der Waals surface area contributed by atoms with Crippen LogP contribution in [0, 0.1) is 0 Å². The summed E-state index contributed by atoms with van der Waals surface area (Å²) < 4.78 is 2.09. The quantitative estimate of drug-likeness (QED) is 0.891. The molecule has 0 saturated carbocycles. The second-order valence-corrected chi connectivity index (χ2v) is 6.87. The van der Waals surface area contributed by atoms with Crippen LogP contribution < -0.4 is 5.32 Å². The zero-order valence-electron chi connectivity index (χ0n) is 12.2. The van der Waals surface area contributed by atoms with Crippen molar-refractivity contribution in [2.24, 2.45) is 0 Å². The Labute approximate surface area is 135 Å². The molecule has 112 valence electrons. The SMILES string of the molecule is CCCn1nccc1CNC1CCSc2ccc(Cl)cc21. The smallest absolute Gasteiger partial charge is 0.0522 e. The minimum Gasteiger partial charge on any atom is -0.304 e. The number of hydrogen-bond donors (Lipinski definition) is 1. The molecule has 0 bridgehead atoms. The van der Waals surface area contributed by atoms with Gasteiger partial charge in [-0.3, -0.25) is 4.68 Å². The van der Waals surface area contributed by atoms with Crippen molar-refractivity contribution in [1.29, 1.82) is 0 Å². The molecule has 0 saturated heterocycles. The second kappa shape index (κ2) is 6.86. The van der Waals surface area contributed by atoms with E-state index in [1.807, 2.05) is 24.0 Å². The van der Waals surface area contributed by atoms with Crippen LogP contribution in [0.25, 0.3) is 0 Å². The Morgan fingerprint density at radius 3 is 3.19 bits per heavy atom. The molecule has 21 heavy (non-hydrogen) atoms. The monoisotopic (exact) mass is 321 g/mol. The van der Waals surface area contributed by atoms with Gasteiger partial charge in [0.05, 0.1) is 5.69 Å². The summed E-state index contributed by atoms with van der Waals surface area (Å²) in [4.78, 5) is 1.35. The van der Waals surface area contributed by atoms with Crippen molar-refractivity contribution in [1.82, 2.24) is 15.1 Å². The Balaban J connectivity index is 1.72. The van der Waals surface area contributed by atoms with E-state index < -0.39 is 0 Å². The van der Waals surface area contributed by atoms with Gasteiger partial charge in [0.2, 0.25) is 0 Å². The first kappa shape index (κ1) is 14.9. The summed E-state index contributed by atoms with van der Waals surface area (Å²) in [6.45, 7) is 4.00. The van der Waals surface area contributed by atoms with Crippen molar-refractivity contribution >= 4 is 23.4 Å². The van der Waals surface area contributed by atoms with E-state index in [9.17, 15) is 0 Å². The maximum absolute atomic E-state index is 6.16. The number of rotatable bonds is 5. The van der Waals surface area contributed by atoms with Crippen LogP contribution in [0.4, 0.5) is 0 Å². The van der Waals surface area contributed by atoms with Crippen molar-refractivity contribution in [3.63, 3.8) is 0 Å². The zero-order valence-corrected chi connectivity index (χ0v) is 13.8. The summed E-state index contributed by atoms with van der Waals surface area (Å²) in [5.74, 6) is 1.15. The lowest BCUT2D eigenvalue weighted by Crippen LogP contribution is -2.25. The van der Waals surface area contributed by atoms with Gasteiger partial charge in [-0.25, -0.2) is 0 Å². The first-order valence-electron chi connectivity index (χ1n) is 7.44. The Kier molecular flexibility index (Phi) is 4.88. The van der Waals surface area contributed by atoms with Gasteiger partial charge in [0.1, 0.15) is 0 Å². The summed E-state index contributed by atoms with van der Waals surface area (Å²) in [5.41, 5.74) is 2.58. The molecule has 1 atom stereocenters. The maximum Gasteiger partial charge on any atom is 0.0522 e. The van der Waals surface area contributed by atoms with Crippen LogP contribution >= 0.6 is 23.4 Å². The van der Waals surface area contributed by atoms with E-state index in [1.165, 1.54) is 16.2 Å². The van der Waals surface area contributed by atoms with Crippen LogP contribution in [0.3, 0.4) is 0 Å². The minimum atomic E-state index is 0.380. The van der Waals surface area contributed by atoms with E-state index in [4.69, 9.17) is 11.6 Å². The van der Waals surface area contributed by atoms with Crippen LogP contribution in [0.2, 0.25) is 5.02 Å². The number of nitrogens with one attached hydrogen (secondary N) is 1. The third-order valence-corrected chi connectivity index (χ3v) is 5.14. The van der Waals surface area contributed by atoms with Gasteiger partial charge in [-0.15, -0.1) is 11.8 Å². The predicted molar refractivity (Wildman–Crippen MR) is 88.9 cm³/mol. The Morgan fingerprint density at radius 1 is 1.43 bits per heavy atom. The first-order chi connectivity index (χ1) is 10.3. The fraction of sp³-hybridized carbons (Fsp3) is 0.438. The fourth-order valence-electron chi connectivity index (χ4n) is 2.73. The lowest BCUT2D eigenvalue weighted by atomic mass is 10.0. The third kappa shape index (κ3) is 3.44. The molecule has 2 heterocycles. The second-order valence-electron chi connectivity index (χ2n) is 5.30. The van der Waals surface area contributed by atoms with Gasteiger partial charge < -0.3 is 5.32 Å². The standard InChI is InChI=1S/C16H20ClN3S/c1-2-8-20-13(5-7-19-20)11-18-15-6-9-21-16-4-3-12(17)10-14(15)16/h3-5,7,10,15,18H,2,6,8-9,11H2,1H3. The lowest BCUT2D eigenvalue weighted by molar-refractivity contribution is 0.481. The van der Waals surface area contributed by atoms with Crippen LogP contribution in [-0.4, -0.2) is 15.5 Å². The van der Waals surface area contributed by atoms with E-state index in [0.717, 1.165) is 36.7 Å². The number of nitrogens with zero attached hydrogens (tertiary/aromatic N) is 2. The predicted octanol–water partition coefficient (Wildman–Crippen LogP) is 4.27. The number of aryl methyl sites for hydroxylation is 1. The highest BCUT2D eigenvalue weighted by Gasteiger charge is 2.20. The molecular formula is C16H20ClN3S. The molecule has 1 unspecified atom stereocenters. The van der Waals surface area contributed by atoms with E-state index in [2.05, 4.69) is 40.2 Å². The average molecular weight is 322 g/mol. The number of hydrogen-bond acceptors (Lipinski definition) is 3. The summed E-state index contributed by atoms with van der Waals surface area (Å²) >= 11 is 8.08. The van der Waals surface area contributed by atoms with Gasteiger partial charge in [0.15, 0.2) is 0 Å². The molecule has 5 heteroatoms. The van der Waals surface area contributed by atoms with E-state index in [-0.39, 0.29) is 0 Å². The molecule has 0 spiro atoms. The number of thioether (sulfide) groups is 1. The van der Waals surface area contributed by atoms with E-state index in [0.29, 0.717) is 6.04 Å². The number of aromatic nitrogens is 2. The molecule has 2 aromatic rings. The molecule has 1 N–H and O–H groups in total. The molecule has 1 aromatic heterocycles. The highest BCUT2D eigenvalue weighted by atomic mass is 35.5. The van der Waals surface area contributed by atoms with E-state index >= 15 is 0 Å². The highest BCUT2D eigenvalue weighted by Crippen LogP contribution is 2.37. The lowest BCUT2D eigenvalue weighted by Gasteiger charge is -2.26. The summed E-state index contributed by atoms with van der Waals surface area (Å²) in [5, 5.41) is 8.87. The fourth-order valence-corrected chi connectivity index (χ4v) is 4.01. The van der Waals surface area contributed by atoms with Gasteiger partial charge >= 0.3 is 0 Å². The molecule has 3 nitrogen and oxygen atoms in total. The molecule has 0 radical (unpaired) electrons. The molecule has 1 aromatic carbocycles. The molecular weight excluding hydrogens is 302 g/mol. The first-order valence-corrected chi connectivity index (χ1v) is 8.80. The van der Waals surface area contributed by atoms with Crippen LogP contribution in [0.15, 0.2) is 35.4 Å². The van der Waals surface area contributed by atoms with Crippen molar-refractivity contribution in [3.8, 4) is 0 Å². The molecule has 0 fully saturated rings. The summed E-state index contributed by atoms with van der Waals surface area (Å²) in [7, 11) is 0. The summed E-state index contributed by atoms with van der Waals surface area (Å²) in [6, 6.07) is 8.69. The van der Waals surface area contributed by atoms with Crippen LogP contribution in [-0.2, 0) is 13.1 Å². The maximum atomic E-state index is 6.16.